The van der Waals surface area contributed by atoms with Crippen molar-refractivity contribution in [3.63, 3.8) is 0 Å². The van der Waals surface area contributed by atoms with Crippen molar-refractivity contribution in [2.45, 2.75) is 57.9 Å². The molecule has 0 unspecified atom stereocenters. The zero-order valence-electron chi connectivity index (χ0n) is 12.3. The van der Waals surface area contributed by atoms with E-state index in [4.69, 9.17) is 4.74 Å². The van der Waals surface area contributed by atoms with E-state index in [1.807, 2.05) is 11.8 Å². The summed E-state index contributed by atoms with van der Waals surface area (Å²) in [5, 5.41) is 0. The van der Waals surface area contributed by atoms with Crippen molar-refractivity contribution in [2.24, 2.45) is 0 Å². The SMILES string of the molecule is CCOC(=O)N1CCCC[C@H]1CCN1CCCCC1. The summed E-state index contributed by atoms with van der Waals surface area (Å²) in [7, 11) is 0. The van der Waals surface area contributed by atoms with Crippen molar-refractivity contribution >= 4 is 6.09 Å². The molecule has 0 aromatic carbocycles. The topological polar surface area (TPSA) is 32.8 Å². The van der Waals surface area contributed by atoms with Crippen LogP contribution in [-0.4, -0.2) is 54.7 Å². The molecule has 1 atom stereocenters. The van der Waals surface area contributed by atoms with E-state index in [1.165, 1.54) is 38.8 Å². The minimum Gasteiger partial charge on any atom is -0.450 e. The Morgan fingerprint density at radius 3 is 2.58 bits per heavy atom. The van der Waals surface area contributed by atoms with Gasteiger partial charge in [-0.3, -0.25) is 0 Å². The minimum absolute atomic E-state index is 0.106. The fourth-order valence-electron chi connectivity index (χ4n) is 3.26. The van der Waals surface area contributed by atoms with Crippen LogP contribution >= 0.6 is 0 Å². The fourth-order valence-corrected chi connectivity index (χ4v) is 3.26. The highest BCUT2D eigenvalue weighted by molar-refractivity contribution is 5.68. The van der Waals surface area contributed by atoms with E-state index < -0.39 is 0 Å². The zero-order chi connectivity index (χ0) is 13.5. The number of rotatable bonds is 4. The van der Waals surface area contributed by atoms with Gasteiger partial charge in [-0.25, -0.2) is 4.79 Å². The molecule has 2 saturated heterocycles. The molecule has 0 spiro atoms. The number of amides is 1. The lowest BCUT2D eigenvalue weighted by Gasteiger charge is -2.36. The first-order chi connectivity index (χ1) is 9.31. The van der Waals surface area contributed by atoms with E-state index in [-0.39, 0.29) is 6.09 Å². The monoisotopic (exact) mass is 268 g/mol. The molecule has 4 heteroatoms. The minimum atomic E-state index is -0.106. The molecular weight excluding hydrogens is 240 g/mol. The van der Waals surface area contributed by atoms with Crippen LogP contribution < -0.4 is 0 Å². The standard InChI is InChI=1S/C15H28N2O2/c1-2-19-15(18)17-12-7-4-8-14(17)9-13-16-10-5-3-6-11-16/h14H,2-13H2,1H3/t14-/m0/s1. The summed E-state index contributed by atoms with van der Waals surface area (Å²) >= 11 is 0. The molecule has 0 aliphatic carbocycles. The van der Waals surface area contributed by atoms with Gasteiger partial charge >= 0.3 is 6.09 Å². The van der Waals surface area contributed by atoms with Crippen molar-refractivity contribution < 1.29 is 9.53 Å². The maximum absolute atomic E-state index is 11.9. The van der Waals surface area contributed by atoms with Gasteiger partial charge in [-0.1, -0.05) is 6.42 Å². The van der Waals surface area contributed by atoms with Crippen LogP contribution in [0, 0.1) is 0 Å². The Hall–Kier alpha value is -0.770. The van der Waals surface area contributed by atoms with Crippen LogP contribution in [0.3, 0.4) is 0 Å². The van der Waals surface area contributed by atoms with Crippen molar-refractivity contribution in [3.8, 4) is 0 Å². The number of nitrogens with zero attached hydrogens (tertiary/aromatic N) is 2. The van der Waals surface area contributed by atoms with Gasteiger partial charge in [0.25, 0.3) is 0 Å². The van der Waals surface area contributed by atoms with Crippen LogP contribution in [0.1, 0.15) is 51.9 Å². The maximum Gasteiger partial charge on any atom is 0.409 e. The van der Waals surface area contributed by atoms with Gasteiger partial charge in [-0.2, -0.15) is 0 Å². The number of hydrogen-bond acceptors (Lipinski definition) is 3. The van der Waals surface area contributed by atoms with Gasteiger partial charge in [-0.05, 0) is 58.5 Å². The number of hydrogen-bond donors (Lipinski definition) is 0. The summed E-state index contributed by atoms with van der Waals surface area (Å²) in [4.78, 5) is 16.5. The second-order valence-electron chi connectivity index (χ2n) is 5.73. The summed E-state index contributed by atoms with van der Waals surface area (Å²) in [5.74, 6) is 0. The molecule has 0 bridgehead atoms. The maximum atomic E-state index is 11.9. The molecule has 2 rings (SSSR count). The van der Waals surface area contributed by atoms with Gasteiger partial charge < -0.3 is 14.5 Å². The second kappa shape index (κ2) is 7.73. The van der Waals surface area contributed by atoms with Crippen molar-refractivity contribution in [3.05, 3.63) is 0 Å². The molecule has 110 valence electrons. The summed E-state index contributed by atoms with van der Waals surface area (Å²) < 4.78 is 5.18. The van der Waals surface area contributed by atoms with E-state index >= 15 is 0 Å². The first kappa shape index (κ1) is 14.6. The molecule has 0 aromatic rings. The number of carbonyl (C=O) groups is 1. The average Bonchev–Trinajstić information content (AvgIpc) is 2.47. The lowest BCUT2D eigenvalue weighted by atomic mass is 9.99. The third-order valence-electron chi connectivity index (χ3n) is 4.36. The number of likely N-dealkylation sites (tertiary alicyclic amines) is 2. The Kier molecular flexibility index (Phi) is 5.95. The van der Waals surface area contributed by atoms with E-state index in [0.717, 1.165) is 32.4 Å². The zero-order valence-corrected chi connectivity index (χ0v) is 12.3. The van der Waals surface area contributed by atoms with Crippen molar-refractivity contribution in [1.82, 2.24) is 9.80 Å². The van der Waals surface area contributed by atoms with Crippen molar-refractivity contribution in [1.29, 1.82) is 0 Å². The molecule has 4 nitrogen and oxygen atoms in total. The molecule has 0 aromatic heterocycles. The van der Waals surface area contributed by atoms with Crippen LogP contribution in [0.5, 0.6) is 0 Å². The fraction of sp³-hybridized carbons (Fsp3) is 0.933. The highest BCUT2D eigenvalue weighted by Gasteiger charge is 2.27. The number of piperidine rings is 2. The highest BCUT2D eigenvalue weighted by Crippen LogP contribution is 2.21. The van der Waals surface area contributed by atoms with Crippen LogP contribution in [0.15, 0.2) is 0 Å². The summed E-state index contributed by atoms with van der Waals surface area (Å²) in [6.07, 6.45) is 8.59. The molecule has 0 N–H and O–H groups in total. The molecule has 2 aliphatic heterocycles. The van der Waals surface area contributed by atoms with E-state index in [0.29, 0.717) is 12.6 Å². The van der Waals surface area contributed by atoms with E-state index in [9.17, 15) is 4.79 Å². The Labute approximate surface area is 117 Å². The molecule has 0 radical (unpaired) electrons. The van der Waals surface area contributed by atoms with E-state index in [1.54, 1.807) is 0 Å². The van der Waals surface area contributed by atoms with Crippen LogP contribution in [0.2, 0.25) is 0 Å². The highest BCUT2D eigenvalue weighted by atomic mass is 16.6. The van der Waals surface area contributed by atoms with Gasteiger partial charge in [0, 0.05) is 19.1 Å². The lowest BCUT2D eigenvalue weighted by Crippen LogP contribution is -2.45. The molecule has 2 heterocycles. The van der Waals surface area contributed by atoms with Crippen LogP contribution in [0.25, 0.3) is 0 Å². The van der Waals surface area contributed by atoms with Crippen molar-refractivity contribution in [2.75, 3.05) is 32.8 Å². The molecule has 19 heavy (non-hydrogen) atoms. The first-order valence-corrected chi connectivity index (χ1v) is 7.97. The normalized spacial score (nSPS) is 25.3. The predicted octanol–water partition coefficient (Wildman–Crippen LogP) is 2.87. The quantitative estimate of drug-likeness (QED) is 0.786. The third kappa shape index (κ3) is 4.37. The Balaban J connectivity index is 1.79. The van der Waals surface area contributed by atoms with Crippen LogP contribution in [0.4, 0.5) is 4.79 Å². The number of ether oxygens (including phenoxy) is 1. The molecular formula is C15H28N2O2. The summed E-state index contributed by atoms with van der Waals surface area (Å²) in [5.41, 5.74) is 0. The molecule has 2 fully saturated rings. The predicted molar refractivity (Wildman–Crippen MR) is 76.3 cm³/mol. The van der Waals surface area contributed by atoms with Crippen LogP contribution in [-0.2, 0) is 4.74 Å². The number of carbonyl (C=O) groups excluding carboxylic acids is 1. The Morgan fingerprint density at radius 1 is 1.11 bits per heavy atom. The molecule has 0 saturated carbocycles. The summed E-state index contributed by atoms with van der Waals surface area (Å²) in [6, 6.07) is 0.398. The third-order valence-corrected chi connectivity index (χ3v) is 4.36. The molecule has 2 aliphatic rings. The smallest absolute Gasteiger partial charge is 0.409 e. The largest absolute Gasteiger partial charge is 0.450 e. The lowest BCUT2D eigenvalue weighted by molar-refractivity contribution is 0.0699. The Morgan fingerprint density at radius 2 is 1.84 bits per heavy atom. The van der Waals surface area contributed by atoms with Gasteiger partial charge in [0.1, 0.15) is 0 Å². The summed E-state index contributed by atoms with van der Waals surface area (Å²) in [6.45, 7) is 6.86. The second-order valence-corrected chi connectivity index (χ2v) is 5.73. The molecule has 1 amide bonds. The van der Waals surface area contributed by atoms with E-state index in [2.05, 4.69) is 4.90 Å². The van der Waals surface area contributed by atoms with Gasteiger partial charge in [0.2, 0.25) is 0 Å². The van der Waals surface area contributed by atoms with Gasteiger partial charge in [0.15, 0.2) is 0 Å². The van der Waals surface area contributed by atoms with Gasteiger partial charge in [0.05, 0.1) is 6.61 Å². The first-order valence-electron chi connectivity index (χ1n) is 7.97. The van der Waals surface area contributed by atoms with Gasteiger partial charge in [-0.15, -0.1) is 0 Å². The Bertz CT molecular complexity index is 277. The average molecular weight is 268 g/mol.